The number of carbonyl (C=O) groups excluding carboxylic acids is 1. The summed E-state index contributed by atoms with van der Waals surface area (Å²) >= 11 is 0. The highest BCUT2D eigenvalue weighted by atomic mass is 16.4. The molecule has 0 saturated carbocycles. The van der Waals surface area contributed by atoms with E-state index >= 15 is 0 Å². The maximum absolute atomic E-state index is 12.3. The van der Waals surface area contributed by atoms with E-state index in [-0.39, 0.29) is 11.9 Å². The summed E-state index contributed by atoms with van der Waals surface area (Å²) in [7, 11) is 0. The molecule has 1 saturated heterocycles. The van der Waals surface area contributed by atoms with Gasteiger partial charge in [0.15, 0.2) is 0 Å². The highest BCUT2D eigenvalue weighted by molar-refractivity contribution is 5.81. The molecule has 1 heterocycles. The number of hydrogen-bond donors (Lipinski definition) is 2. The first-order chi connectivity index (χ1) is 8.69. The van der Waals surface area contributed by atoms with Crippen LogP contribution in [0, 0.1) is 0 Å². The number of urea groups is 1. The fraction of sp³-hybridized carbons (Fsp3) is 0.833. The minimum atomic E-state index is 0.0742. The van der Waals surface area contributed by atoms with E-state index in [1.807, 2.05) is 11.8 Å². The monoisotopic (exact) mass is 256 g/mol. The maximum Gasteiger partial charge on any atom is 0.320 e. The first-order valence-electron chi connectivity index (χ1n) is 6.69. The molecule has 0 radical (unpaired) electrons. The van der Waals surface area contributed by atoms with Gasteiger partial charge in [-0.15, -0.1) is 0 Å². The highest BCUT2D eigenvalue weighted by Gasteiger charge is 2.20. The first-order valence-corrected chi connectivity index (χ1v) is 6.69. The second-order valence-electron chi connectivity index (χ2n) is 4.60. The van der Waals surface area contributed by atoms with Crippen LogP contribution < -0.4 is 5.73 Å². The molecule has 2 amide bonds. The molecule has 0 aromatic carbocycles. The van der Waals surface area contributed by atoms with E-state index in [4.69, 9.17) is 10.9 Å². The van der Waals surface area contributed by atoms with Gasteiger partial charge in [0.05, 0.1) is 0 Å². The Bertz CT molecular complexity index is 286. The molecule has 6 heteroatoms. The lowest BCUT2D eigenvalue weighted by Gasteiger charge is -2.29. The van der Waals surface area contributed by atoms with Gasteiger partial charge in [0.2, 0.25) is 0 Å². The van der Waals surface area contributed by atoms with Crippen molar-refractivity contribution in [2.24, 2.45) is 10.9 Å². The Morgan fingerprint density at radius 2 is 1.94 bits per heavy atom. The lowest BCUT2D eigenvalue weighted by molar-refractivity contribution is 0.158. The Morgan fingerprint density at radius 3 is 2.44 bits per heavy atom. The van der Waals surface area contributed by atoms with Crippen LogP contribution in [0.2, 0.25) is 0 Å². The molecule has 1 rings (SSSR count). The molecule has 104 valence electrons. The van der Waals surface area contributed by atoms with Crippen LogP contribution in [0.4, 0.5) is 4.79 Å². The summed E-state index contributed by atoms with van der Waals surface area (Å²) in [5, 5.41) is 11.4. The SMILES string of the molecule is CCN(CCC(N)=NO)C(=O)N1CCCCCC1. The molecule has 0 bridgehead atoms. The number of likely N-dealkylation sites (tertiary alicyclic amines) is 1. The Kier molecular flexibility index (Phi) is 6.32. The van der Waals surface area contributed by atoms with Crippen molar-refractivity contribution in [1.82, 2.24) is 9.80 Å². The molecule has 1 fully saturated rings. The van der Waals surface area contributed by atoms with Crippen molar-refractivity contribution in [3.05, 3.63) is 0 Å². The fourth-order valence-electron chi connectivity index (χ4n) is 2.15. The van der Waals surface area contributed by atoms with Crippen LogP contribution in [0.3, 0.4) is 0 Å². The van der Waals surface area contributed by atoms with Gasteiger partial charge in [-0.3, -0.25) is 0 Å². The molecule has 0 aliphatic carbocycles. The van der Waals surface area contributed by atoms with Crippen molar-refractivity contribution in [3.63, 3.8) is 0 Å². The predicted molar refractivity (Wildman–Crippen MR) is 70.7 cm³/mol. The van der Waals surface area contributed by atoms with Crippen LogP contribution in [0.5, 0.6) is 0 Å². The van der Waals surface area contributed by atoms with E-state index in [0.29, 0.717) is 19.5 Å². The molecule has 0 aromatic heterocycles. The van der Waals surface area contributed by atoms with E-state index < -0.39 is 0 Å². The Balaban J connectivity index is 2.49. The van der Waals surface area contributed by atoms with E-state index in [1.54, 1.807) is 4.90 Å². The normalized spacial score (nSPS) is 17.4. The molecule has 3 N–H and O–H groups in total. The van der Waals surface area contributed by atoms with Crippen molar-refractivity contribution in [1.29, 1.82) is 0 Å². The quantitative estimate of drug-likeness (QED) is 0.345. The standard InChI is InChI=1S/C12H24N4O2/c1-2-15(10-7-11(13)14-18)12(17)16-8-5-3-4-6-9-16/h18H,2-10H2,1H3,(H2,13,14). The number of oxime groups is 1. The van der Waals surface area contributed by atoms with Crippen molar-refractivity contribution in [3.8, 4) is 0 Å². The average Bonchev–Trinajstić information content (AvgIpc) is 2.67. The van der Waals surface area contributed by atoms with E-state index in [0.717, 1.165) is 25.9 Å². The van der Waals surface area contributed by atoms with Crippen molar-refractivity contribution in [2.75, 3.05) is 26.2 Å². The van der Waals surface area contributed by atoms with Crippen LogP contribution in [-0.4, -0.2) is 53.1 Å². The molecule has 0 spiro atoms. The second kappa shape index (κ2) is 7.79. The Morgan fingerprint density at radius 1 is 1.33 bits per heavy atom. The van der Waals surface area contributed by atoms with Crippen LogP contribution in [0.15, 0.2) is 5.16 Å². The third-order valence-electron chi connectivity index (χ3n) is 3.30. The van der Waals surface area contributed by atoms with Gasteiger partial charge in [0, 0.05) is 32.6 Å². The highest BCUT2D eigenvalue weighted by Crippen LogP contribution is 2.12. The van der Waals surface area contributed by atoms with Gasteiger partial charge in [0.25, 0.3) is 0 Å². The fourth-order valence-corrected chi connectivity index (χ4v) is 2.15. The molecule has 0 atom stereocenters. The van der Waals surface area contributed by atoms with Crippen molar-refractivity contribution in [2.45, 2.75) is 39.0 Å². The maximum atomic E-state index is 12.3. The lowest BCUT2D eigenvalue weighted by atomic mass is 10.2. The summed E-state index contributed by atoms with van der Waals surface area (Å²) in [5.41, 5.74) is 5.43. The van der Waals surface area contributed by atoms with E-state index in [1.165, 1.54) is 12.8 Å². The van der Waals surface area contributed by atoms with Gasteiger partial charge >= 0.3 is 6.03 Å². The molecule has 6 nitrogen and oxygen atoms in total. The zero-order chi connectivity index (χ0) is 13.4. The zero-order valence-electron chi connectivity index (χ0n) is 11.1. The number of carbonyl (C=O) groups is 1. The Labute approximate surface area is 108 Å². The van der Waals surface area contributed by atoms with E-state index in [2.05, 4.69) is 5.16 Å². The minimum Gasteiger partial charge on any atom is -0.409 e. The molecular formula is C12H24N4O2. The predicted octanol–water partition coefficient (Wildman–Crippen LogP) is 1.44. The molecule has 1 aliphatic heterocycles. The van der Waals surface area contributed by atoms with Gasteiger partial charge in [0.1, 0.15) is 5.84 Å². The number of amides is 2. The summed E-state index contributed by atoms with van der Waals surface area (Å²) in [4.78, 5) is 16.0. The van der Waals surface area contributed by atoms with E-state index in [9.17, 15) is 4.79 Å². The number of nitrogens with two attached hydrogens (primary N) is 1. The molecule has 0 unspecified atom stereocenters. The largest absolute Gasteiger partial charge is 0.409 e. The van der Waals surface area contributed by atoms with Crippen molar-refractivity contribution >= 4 is 11.9 Å². The first kappa shape index (κ1) is 14.6. The van der Waals surface area contributed by atoms with Gasteiger partial charge in [-0.1, -0.05) is 18.0 Å². The lowest BCUT2D eigenvalue weighted by Crippen LogP contribution is -2.44. The topological polar surface area (TPSA) is 82.2 Å². The number of amidine groups is 1. The smallest absolute Gasteiger partial charge is 0.320 e. The third-order valence-corrected chi connectivity index (χ3v) is 3.30. The average molecular weight is 256 g/mol. The van der Waals surface area contributed by atoms with Gasteiger partial charge in [-0.2, -0.15) is 0 Å². The third kappa shape index (κ3) is 4.43. The Hall–Kier alpha value is -1.46. The molecule has 18 heavy (non-hydrogen) atoms. The summed E-state index contributed by atoms with van der Waals surface area (Å²) < 4.78 is 0. The minimum absolute atomic E-state index is 0.0742. The second-order valence-corrected chi connectivity index (χ2v) is 4.60. The number of hydrogen-bond acceptors (Lipinski definition) is 3. The molecule has 1 aliphatic rings. The van der Waals surface area contributed by atoms with Crippen LogP contribution in [0.1, 0.15) is 39.0 Å². The summed E-state index contributed by atoms with van der Waals surface area (Å²) in [5.74, 6) is 0.164. The molecule has 0 aromatic rings. The van der Waals surface area contributed by atoms with Crippen LogP contribution >= 0.6 is 0 Å². The van der Waals surface area contributed by atoms with Gasteiger partial charge in [-0.05, 0) is 19.8 Å². The summed E-state index contributed by atoms with van der Waals surface area (Å²) in [6.45, 7) is 4.79. The van der Waals surface area contributed by atoms with Crippen molar-refractivity contribution < 1.29 is 10.0 Å². The zero-order valence-corrected chi connectivity index (χ0v) is 11.1. The van der Waals surface area contributed by atoms with Gasteiger partial charge < -0.3 is 20.7 Å². The van der Waals surface area contributed by atoms with Crippen LogP contribution in [0.25, 0.3) is 0 Å². The summed E-state index contributed by atoms with van der Waals surface area (Å²) in [6, 6.07) is 0.0742. The number of rotatable bonds is 4. The number of nitrogens with zero attached hydrogens (tertiary/aromatic N) is 3. The molecular weight excluding hydrogens is 232 g/mol. The summed E-state index contributed by atoms with van der Waals surface area (Å²) in [6.07, 6.45) is 5.00. The van der Waals surface area contributed by atoms with Crippen LogP contribution in [-0.2, 0) is 0 Å². The van der Waals surface area contributed by atoms with Gasteiger partial charge in [-0.25, -0.2) is 4.79 Å².